The van der Waals surface area contributed by atoms with E-state index < -0.39 is 15.9 Å². The molecule has 0 saturated heterocycles. The number of ether oxygens (including phenoxy) is 1. The molecule has 112 valence electrons. The maximum Gasteiger partial charge on any atom is 0.243 e. The minimum atomic E-state index is -3.81. The smallest absolute Gasteiger partial charge is 0.243 e. The maximum absolute atomic E-state index is 12.0. The number of carbonyl (C=O) groups is 1. The second-order valence-electron chi connectivity index (χ2n) is 3.81. The minimum Gasteiger partial charge on any atom is -0.383 e. The third-order valence-electron chi connectivity index (χ3n) is 2.38. The van der Waals surface area contributed by atoms with Gasteiger partial charge >= 0.3 is 0 Å². The highest BCUT2D eigenvalue weighted by atomic mass is 32.2. The number of nitrogen functional groups attached to an aromatic ring is 1. The Morgan fingerprint density at radius 1 is 1.35 bits per heavy atom. The van der Waals surface area contributed by atoms with Crippen molar-refractivity contribution in [2.75, 3.05) is 32.2 Å². The lowest BCUT2D eigenvalue weighted by atomic mass is 10.3. The summed E-state index contributed by atoms with van der Waals surface area (Å²) in [5, 5.41) is 2.51. The summed E-state index contributed by atoms with van der Waals surface area (Å²) in [4.78, 5) is 11.4. The van der Waals surface area contributed by atoms with Crippen molar-refractivity contribution in [2.24, 2.45) is 5.84 Å². The molecule has 0 aliphatic heterocycles. The molecule has 1 amide bonds. The maximum atomic E-state index is 12.0. The molecule has 0 radical (unpaired) electrons. The van der Waals surface area contributed by atoms with E-state index in [1.165, 1.54) is 19.2 Å². The van der Waals surface area contributed by atoms with Crippen LogP contribution in [0.25, 0.3) is 0 Å². The van der Waals surface area contributed by atoms with Crippen molar-refractivity contribution in [3.63, 3.8) is 0 Å². The molecule has 0 saturated carbocycles. The number of amides is 1. The first-order chi connectivity index (χ1) is 9.51. The van der Waals surface area contributed by atoms with Crippen molar-refractivity contribution in [3.05, 3.63) is 24.3 Å². The first-order valence-electron chi connectivity index (χ1n) is 5.82. The Bertz CT molecular complexity index is 547. The van der Waals surface area contributed by atoms with Gasteiger partial charge in [-0.3, -0.25) is 10.6 Å². The van der Waals surface area contributed by atoms with Crippen LogP contribution in [0.5, 0.6) is 0 Å². The normalized spacial score (nSPS) is 11.1. The van der Waals surface area contributed by atoms with Crippen LogP contribution in [0.15, 0.2) is 29.2 Å². The molecule has 20 heavy (non-hydrogen) atoms. The van der Waals surface area contributed by atoms with E-state index in [9.17, 15) is 13.2 Å². The number of nitrogens with two attached hydrogens (primary N) is 1. The summed E-state index contributed by atoms with van der Waals surface area (Å²) in [6, 6.07) is 6.12. The Morgan fingerprint density at radius 2 is 2.05 bits per heavy atom. The van der Waals surface area contributed by atoms with Crippen molar-refractivity contribution in [1.82, 2.24) is 10.0 Å². The summed E-state index contributed by atoms with van der Waals surface area (Å²) in [5.41, 5.74) is 2.54. The van der Waals surface area contributed by atoms with Crippen LogP contribution in [0.4, 0.5) is 5.69 Å². The van der Waals surface area contributed by atoms with Crippen LogP contribution in [0, 0.1) is 0 Å². The van der Waals surface area contributed by atoms with Gasteiger partial charge in [0, 0.05) is 13.7 Å². The van der Waals surface area contributed by atoms with Crippen LogP contribution >= 0.6 is 0 Å². The Kier molecular flexibility index (Phi) is 6.39. The molecule has 8 nitrogen and oxygen atoms in total. The molecule has 5 N–H and O–H groups in total. The van der Waals surface area contributed by atoms with Gasteiger partial charge in [0.05, 0.1) is 18.8 Å². The molecule has 0 aliphatic rings. The SMILES string of the molecule is COCCNC(=O)CNS(=O)(=O)c1ccccc1NN. The summed E-state index contributed by atoms with van der Waals surface area (Å²) in [5.74, 6) is 4.81. The lowest BCUT2D eigenvalue weighted by Crippen LogP contribution is -2.38. The molecule has 0 unspecified atom stereocenters. The van der Waals surface area contributed by atoms with Crippen LogP contribution in [0.2, 0.25) is 0 Å². The number of sulfonamides is 1. The fourth-order valence-electron chi connectivity index (χ4n) is 1.41. The first-order valence-corrected chi connectivity index (χ1v) is 7.30. The molecule has 0 aliphatic carbocycles. The highest BCUT2D eigenvalue weighted by Crippen LogP contribution is 2.18. The molecule has 0 heterocycles. The van der Waals surface area contributed by atoms with E-state index in [4.69, 9.17) is 10.6 Å². The quantitative estimate of drug-likeness (QED) is 0.278. The van der Waals surface area contributed by atoms with Crippen molar-refractivity contribution in [3.8, 4) is 0 Å². The summed E-state index contributed by atoms with van der Waals surface area (Å²) in [6.45, 7) is 0.321. The van der Waals surface area contributed by atoms with Crippen molar-refractivity contribution in [1.29, 1.82) is 0 Å². The largest absolute Gasteiger partial charge is 0.383 e. The summed E-state index contributed by atoms with van der Waals surface area (Å²) < 4.78 is 31.0. The summed E-state index contributed by atoms with van der Waals surface area (Å²) in [7, 11) is -2.31. The highest BCUT2D eigenvalue weighted by molar-refractivity contribution is 7.89. The fourth-order valence-corrected chi connectivity index (χ4v) is 2.56. The van der Waals surface area contributed by atoms with Gasteiger partial charge < -0.3 is 15.5 Å². The van der Waals surface area contributed by atoms with Crippen LogP contribution < -0.4 is 21.3 Å². The summed E-state index contributed by atoms with van der Waals surface area (Å²) >= 11 is 0. The van der Waals surface area contributed by atoms with Crippen LogP contribution in [-0.4, -0.2) is 41.1 Å². The average Bonchev–Trinajstić information content (AvgIpc) is 2.45. The topological polar surface area (TPSA) is 123 Å². The molecular weight excluding hydrogens is 284 g/mol. The summed E-state index contributed by atoms with van der Waals surface area (Å²) in [6.07, 6.45) is 0. The second kappa shape index (κ2) is 7.80. The lowest BCUT2D eigenvalue weighted by molar-refractivity contribution is -0.120. The number of hydrogen-bond donors (Lipinski definition) is 4. The van der Waals surface area contributed by atoms with Crippen molar-refractivity contribution in [2.45, 2.75) is 4.90 Å². The Morgan fingerprint density at radius 3 is 2.70 bits per heavy atom. The van der Waals surface area contributed by atoms with Gasteiger partial charge in [-0.1, -0.05) is 12.1 Å². The van der Waals surface area contributed by atoms with E-state index in [1.807, 2.05) is 0 Å². The number of carbonyl (C=O) groups excluding carboxylic acids is 1. The van der Waals surface area contributed by atoms with E-state index in [0.29, 0.717) is 13.2 Å². The first kappa shape index (κ1) is 16.4. The number of hydrogen-bond acceptors (Lipinski definition) is 6. The van der Waals surface area contributed by atoms with E-state index in [1.54, 1.807) is 12.1 Å². The lowest BCUT2D eigenvalue weighted by Gasteiger charge is -2.10. The molecular formula is C11H18N4O4S. The van der Waals surface area contributed by atoms with Gasteiger partial charge in [-0.15, -0.1) is 0 Å². The van der Waals surface area contributed by atoms with E-state index >= 15 is 0 Å². The zero-order valence-electron chi connectivity index (χ0n) is 11.0. The Balaban J connectivity index is 2.64. The third kappa shape index (κ3) is 4.78. The predicted molar refractivity (Wildman–Crippen MR) is 74.3 cm³/mol. The number of hydrazine groups is 1. The molecule has 1 aromatic carbocycles. The number of anilines is 1. The van der Waals surface area contributed by atoms with E-state index in [0.717, 1.165) is 0 Å². The number of para-hydroxylation sites is 1. The van der Waals surface area contributed by atoms with E-state index in [2.05, 4.69) is 15.5 Å². The molecule has 0 fully saturated rings. The standard InChI is InChI=1S/C11H18N4O4S/c1-19-7-6-13-11(16)8-14-20(17,18)10-5-3-2-4-9(10)15-12/h2-5,14-15H,6-8,12H2,1H3,(H,13,16). The molecule has 0 atom stereocenters. The van der Waals surface area contributed by atoms with Gasteiger partial charge in [-0.2, -0.15) is 0 Å². The number of rotatable bonds is 8. The number of nitrogens with one attached hydrogen (secondary N) is 3. The highest BCUT2D eigenvalue weighted by Gasteiger charge is 2.18. The van der Waals surface area contributed by atoms with Crippen LogP contribution in [0.1, 0.15) is 0 Å². The molecule has 1 rings (SSSR count). The molecule has 9 heteroatoms. The number of benzene rings is 1. The minimum absolute atomic E-state index is 0.0211. The van der Waals surface area contributed by atoms with Crippen molar-refractivity contribution < 1.29 is 17.9 Å². The van der Waals surface area contributed by atoms with Crippen molar-refractivity contribution >= 4 is 21.6 Å². The van der Waals surface area contributed by atoms with Gasteiger partial charge in [0.15, 0.2) is 0 Å². The zero-order chi connectivity index (χ0) is 15.0. The van der Waals surface area contributed by atoms with Gasteiger partial charge in [-0.25, -0.2) is 13.1 Å². The van der Waals surface area contributed by atoms with E-state index in [-0.39, 0.29) is 17.1 Å². The second-order valence-corrected chi connectivity index (χ2v) is 5.54. The monoisotopic (exact) mass is 302 g/mol. The van der Waals surface area contributed by atoms with Gasteiger partial charge in [0.1, 0.15) is 4.90 Å². The van der Waals surface area contributed by atoms with Crippen LogP contribution in [0.3, 0.4) is 0 Å². The molecule has 1 aromatic rings. The predicted octanol–water partition coefficient (Wildman–Crippen LogP) is -0.987. The number of methoxy groups -OCH3 is 1. The van der Waals surface area contributed by atoms with Crippen LogP contribution in [-0.2, 0) is 19.6 Å². The Labute approximate surface area is 117 Å². The van der Waals surface area contributed by atoms with Gasteiger partial charge in [0.2, 0.25) is 15.9 Å². The van der Waals surface area contributed by atoms with Gasteiger partial charge in [0.25, 0.3) is 0 Å². The molecule has 0 aromatic heterocycles. The average molecular weight is 302 g/mol. The zero-order valence-corrected chi connectivity index (χ0v) is 11.9. The fraction of sp³-hybridized carbons (Fsp3) is 0.364. The Hall–Kier alpha value is -1.68. The molecule has 0 bridgehead atoms. The third-order valence-corrected chi connectivity index (χ3v) is 3.84. The molecule has 0 spiro atoms. The van der Waals surface area contributed by atoms with Gasteiger partial charge in [-0.05, 0) is 12.1 Å².